The molecule has 2 N–H and O–H groups in total. The van der Waals surface area contributed by atoms with Gasteiger partial charge in [-0.25, -0.2) is 17.5 Å². The maximum absolute atomic E-state index is 13.2. The fourth-order valence-electron chi connectivity index (χ4n) is 1.53. The number of nitrogens with one attached hydrogen (secondary N) is 2. The summed E-state index contributed by atoms with van der Waals surface area (Å²) in [6.07, 6.45) is 0.676. The van der Waals surface area contributed by atoms with Gasteiger partial charge in [0, 0.05) is 12.6 Å². The zero-order valence-corrected chi connectivity index (χ0v) is 11.6. The summed E-state index contributed by atoms with van der Waals surface area (Å²) in [5.41, 5.74) is 0.551. The Balaban J connectivity index is 3.17. The van der Waals surface area contributed by atoms with Crippen molar-refractivity contribution >= 4 is 10.0 Å². The highest BCUT2D eigenvalue weighted by Gasteiger charge is 2.20. The standard InChI is InChI=1S/C12H19FN2O2S/c1-4-9(2)15-18(16,17)12-7-11(13)6-5-10(12)8-14-3/h5-7,9,14-15H,4,8H2,1-3H3. The first-order chi connectivity index (χ1) is 8.40. The normalized spacial score (nSPS) is 13.6. The van der Waals surface area contributed by atoms with Crippen LogP contribution in [0.5, 0.6) is 0 Å². The second-order valence-corrected chi connectivity index (χ2v) is 5.90. The van der Waals surface area contributed by atoms with Gasteiger partial charge in [-0.15, -0.1) is 0 Å². The Kier molecular flexibility index (Phi) is 5.25. The molecule has 0 bridgehead atoms. The number of hydrogen-bond donors (Lipinski definition) is 2. The molecule has 1 rings (SSSR count). The van der Waals surface area contributed by atoms with E-state index in [0.29, 0.717) is 18.5 Å². The SMILES string of the molecule is CCC(C)NS(=O)(=O)c1cc(F)ccc1CNC. The molecule has 0 radical (unpaired) electrons. The molecule has 0 aromatic heterocycles. The molecule has 0 saturated heterocycles. The molecule has 102 valence electrons. The Morgan fingerprint density at radius 1 is 1.39 bits per heavy atom. The molecule has 1 aromatic rings. The van der Waals surface area contributed by atoms with E-state index in [0.717, 1.165) is 6.07 Å². The zero-order valence-electron chi connectivity index (χ0n) is 10.8. The fraction of sp³-hybridized carbons (Fsp3) is 0.500. The van der Waals surface area contributed by atoms with Crippen LogP contribution in [0.2, 0.25) is 0 Å². The monoisotopic (exact) mass is 274 g/mol. The van der Waals surface area contributed by atoms with Gasteiger partial charge in [0.15, 0.2) is 0 Å². The van der Waals surface area contributed by atoms with E-state index >= 15 is 0 Å². The minimum atomic E-state index is -3.68. The van der Waals surface area contributed by atoms with Gasteiger partial charge in [0.05, 0.1) is 4.90 Å². The summed E-state index contributed by atoms with van der Waals surface area (Å²) in [4.78, 5) is -0.00264. The molecule has 0 aliphatic heterocycles. The van der Waals surface area contributed by atoms with Crippen LogP contribution in [-0.2, 0) is 16.6 Å². The maximum atomic E-state index is 13.2. The molecule has 1 atom stereocenters. The molecule has 0 amide bonds. The van der Waals surface area contributed by atoms with Crippen molar-refractivity contribution in [1.29, 1.82) is 0 Å². The predicted molar refractivity (Wildman–Crippen MR) is 69.2 cm³/mol. The summed E-state index contributed by atoms with van der Waals surface area (Å²) < 4.78 is 40.0. The Morgan fingerprint density at radius 2 is 2.06 bits per heavy atom. The van der Waals surface area contributed by atoms with Crippen molar-refractivity contribution in [2.75, 3.05) is 7.05 Å². The van der Waals surface area contributed by atoms with E-state index < -0.39 is 15.8 Å². The number of hydrogen-bond acceptors (Lipinski definition) is 3. The fourth-order valence-corrected chi connectivity index (χ4v) is 3.10. The predicted octanol–water partition coefficient (Wildman–Crippen LogP) is 1.62. The second-order valence-electron chi connectivity index (χ2n) is 4.21. The minimum absolute atomic E-state index is 0.00264. The van der Waals surface area contributed by atoms with Crippen LogP contribution in [0.3, 0.4) is 0 Å². The molecule has 1 aromatic carbocycles. The molecule has 0 heterocycles. The summed E-state index contributed by atoms with van der Waals surface area (Å²) in [6, 6.07) is 3.62. The Labute approximate surface area is 108 Å². The van der Waals surface area contributed by atoms with Gasteiger partial charge in [-0.05, 0) is 38.1 Å². The highest BCUT2D eigenvalue weighted by molar-refractivity contribution is 7.89. The first-order valence-electron chi connectivity index (χ1n) is 5.86. The third-order valence-electron chi connectivity index (χ3n) is 2.65. The van der Waals surface area contributed by atoms with E-state index in [1.807, 2.05) is 6.92 Å². The number of sulfonamides is 1. The third kappa shape index (κ3) is 3.76. The van der Waals surface area contributed by atoms with Crippen LogP contribution in [0.25, 0.3) is 0 Å². The first-order valence-corrected chi connectivity index (χ1v) is 7.34. The van der Waals surface area contributed by atoms with Crippen LogP contribution in [0.4, 0.5) is 4.39 Å². The third-order valence-corrected chi connectivity index (χ3v) is 4.33. The lowest BCUT2D eigenvalue weighted by Gasteiger charge is -2.15. The van der Waals surface area contributed by atoms with Crippen molar-refractivity contribution in [3.05, 3.63) is 29.6 Å². The van der Waals surface area contributed by atoms with Gasteiger partial charge in [0.2, 0.25) is 10.0 Å². The van der Waals surface area contributed by atoms with Gasteiger partial charge in [0.25, 0.3) is 0 Å². The molecule has 0 aliphatic carbocycles. The van der Waals surface area contributed by atoms with Crippen LogP contribution in [0.1, 0.15) is 25.8 Å². The molecule has 4 nitrogen and oxygen atoms in total. The summed E-state index contributed by atoms with van der Waals surface area (Å²) in [6.45, 7) is 4.03. The number of benzene rings is 1. The molecular formula is C12H19FN2O2S. The molecule has 1 unspecified atom stereocenters. The van der Waals surface area contributed by atoms with Crippen LogP contribution in [0.15, 0.2) is 23.1 Å². The van der Waals surface area contributed by atoms with E-state index in [-0.39, 0.29) is 10.9 Å². The smallest absolute Gasteiger partial charge is 0.241 e. The van der Waals surface area contributed by atoms with Crippen LogP contribution in [-0.4, -0.2) is 21.5 Å². The van der Waals surface area contributed by atoms with Gasteiger partial charge < -0.3 is 5.32 Å². The largest absolute Gasteiger partial charge is 0.316 e. The highest BCUT2D eigenvalue weighted by atomic mass is 32.2. The van der Waals surface area contributed by atoms with Crippen LogP contribution >= 0.6 is 0 Å². The van der Waals surface area contributed by atoms with Crippen molar-refractivity contribution < 1.29 is 12.8 Å². The highest BCUT2D eigenvalue weighted by Crippen LogP contribution is 2.18. The Hall–Kier alpha value is -0.980. The summed E-state index contributed by atoms with van der Waals surface area (Å²) in [7, 11) is -1.97. The lowest BCUT2D eigenvalue weighted by Crippen LogP contribution is -2.33. The van der Waals surface area contributed by atoms with Crippen LogP contribution < -0.4 is 10.0 Å². The van der Waals surface area contributed by atoms with Crippen molar-refractivity contribution in [3.8, 4) is 0 Å². The molecule has 0 saturated carbocycles. The molecule has 0 aliphatic rings. The maximum Gasteiger partial charge on any atom is 0.241 e. The topological polar surface area (TPSA) is 58.2 Å². The Morgan fingerprint density at radius 3 is 2.61 bits per heavy atom. The van der Waals surface area contributed by atoms with Crippen molar-refractivity contribution in [2.24, 2.45) is 0 Å². The van der Waals surface area contributed by atoms with E-state index in [2.05, 4.69) is 10.0 Å². The lowest BCUT2D eigenvalue weighted by molar-refractivity contribution is 0.551. The van der Waals surface area contributed by atoms with E-state index in [9.17, 15) is 12.8 Å². The summed E-state index contributed by atoms with van der Waals surface area (Å²) in [5, 5.41) is 2.87. The van der Waals surface area contributed by atoms with E-state index in [1.54, 1.807) is 14.0 Å². The minimum Gasteiger partial charge on any atom is -0.316 e. The quantitative estimate of drug-likeness (QED) is 0.829. The van der Waals surface area contributed by atoms with Crippen molar-refractivity contribution in [2.45, 2.75) is 37.8 Å². The molecule has 18 heavy (non-hydrogen) atoms. The molecule has 6 heteroatoms. The van der Waals surface area contributed by atoms with E-state index in [4.69, 9.17) is 0 Å². The average molecular weight is 274 g/mol. The van der Waals surface area contributed by atoms with Crippen molar-refractivity contribution in [1.82, 2.24) is 10.0 Å². The molecular weight excluding hydrogens is 255 g/mol. The molecule has 0 spiro atoms. The summed E-state index contributed by atoms with van der Waals surface area (Å²) >= 11 is 0. The molecule has 0 fully saturated rings. The van der Waals surface area contributed by atoms with Gasteiger partial charge in [0.1, 0.15) is 5.82 Å². The lowest BCUT2D eigenvalue weighted by atomic mass is 10.2. The first kappa shape index (κ1) is 15.1. The van der Waals surface area contributed by atoms with Gasteiger partial charge in [-0.1, -0.05) is 13.0 Å². The average Bonchev–Trinajstić information content (AvgIpc) is 2.31. The summed E-state index contributed by atoms with van der Waals surface area (Å²) in [5.74, 6) is -0.556. The van der Waals surface area contributed by atoms with E-state index in [1.165, 1.54) is 12.1 Å². The zero-order chi connectivity index (χ0) is 13.8. The number of rotatable bonds is 6. The van der Waals surface area contributed by atoms with Gasteiger partial charge in [-0.3, -0.25) is 0 Å². The van der Waals surface area contributed by atoms with Gasteiger partial charge in [-0.2, -0.15) is 0 Å². The Bertz CT molecular complexity index is 503. The van der Waals surface area contributed by atoms with Crippen molar-refractivity contribution in [3.63, 3.8) is 0 Å². The second kappa shape index (κ2) is 6.26. The number of halogens is 1. The van der Waals surface area contributed by atoms with Gasteiger partial charge >= 0.3 is 0 Å². The van der Waals surface area contributed by atoms with Crippen LogP contribution in [0, 0.1) is 5.82 Å².